The molecule has 1 rings (SSSR count). The maximum absolute atomic E-state index is 3.91. The summed E-state index contributed by atoms with van der Waals surface area (Å²) in [7, 11) is 0. The molecule has 1 aromatic rings. The quantitative estimate of drug-likeness (QED) is 0.614. The van der Waals surface area contributed by atoms with Gasteiger partial charge in [-0.3, -0.25) is 4.98 Å². The summed E-state index contributed by atoms with van der Waals surface area (Å²) < 4.78 is 0. The zero-order valence-electron chi connectivity index (χ0n) is 5.21. The van der Waals surface area contributed by atoms with Crippen LogP contribution in [0.15, 0.2) is 24.5 Å². The lowest BCUT2D eigenvalue weighted by Crippen LogP contribution is -1.81. The zero-order chi connectivity index (χ0) is 6.69. The van der Waals surface area contributed by atoms with Crippen LogP contribution in [0.5, 0.6) is 0 Å². The van der Waals surface area contributed by atoms with E-state index in [9.17, 15) is 0 Å². The Kier molecular flexibility index (Phi) is 2.22. The van der Waals surface area contributed by atoms with Gasteiger partial charge in [0.2, 0.25) is 0 Å². The van der Waals surface area contributed by atoms with Crippen molar-refractivity contribution in [2.24, 2.45) is 0 Å². The molecule has 0 aliphatic carbocycles. The van der Waals surface area contributed by atoms with Gasteiger partial charge in [-0.15, -0.1) is 0 Å². The fourth-order valence-electron chi connectivity index (χ4n) is 0.629. The molecule has 0 N–H and O–H groups in total. The number of alkyl halides is 1. The molecule has 1 heterocycles. The average molecular weight is 186 g/mol. The monoisotopic (exact) mass is 185 g/mol. The van der Waals surface area contributed by atoms with E-state index in [0.717, 1.165) is 0 Å². The molecule has 0 aliphatic rings. The van der Waals surface area contributed by atoms with Crippen molar-refractivity contribution in [2.45, 2.75) is 11.8 Å². The maximum Gasteiger partial charge on any atom is 0.0368 e. The highest BCUT2D eigenvalue weighted by Gasteiger charge is 1.95. The van der Waals surface area contributed by atoms with E-state index in [1.54, 1.807) is 12.4 Å². The SMILES string of the molecule is C[C@@H](Br)c1ccncc1. The number of hydrogen-bond donors (Lipinski definition) is 0. The zero-order valence-corrected chi connectivity index (χ0v) is 6.80. The molecule has 0 radical (unpaired) electrons. The van der Waals surface area contributed by atoms with Gasteiger partial charge in [0.05, 0.1) is 0 Å². The van der Waals surface area contributed by atoms with Gasteiger partial charge in [-0.25, -0.2) is 0 Å². The number of hydrogen-bond acceptors (Lipinski definition) is 1. The van der Waals surface area contributed by atoms with Gasteiger partial charge in [-0.2, -0.15) is 0 Å². The number of nitrogens with zero attached hydrogens (tertiary/aromatic N) is 1. The van der Waals surface area contributed by atoms with Crippen molar-refractivity contribution in [3.05, 3.63) is 30.1 Å². The summed E-state index contributed by atoms with van der Waals surface area (Å²) in [5.41, 5.74) is 1.27. The van der Waals surface area contributed by atoms with Crippen LogP contribution in [0.3, 0.4) is 0 Å². The maximum atomic E-state index is 3.91. The fourth-order valence-corrected chi connectivity index (χ4v) is 0.934. The predicted molar refractivity (Wildman–Crippen MR) is 41.6 cm³/mol. The Morgan fingerprint density at radius 3 is 2.33 bits per heavy atom. The van der Waals surface area contributed by atoms with Crippen LogP contribution in [0.4, 0.5) is 0 Å². The summed E-state index contributed by atoms with van der Waals surface area (Å²) in [6.45, 7) is 2.09. The van der Waals surface area contributed by atoms with Crippen LogP contribution in [-0.4, -0.2) is 4.98 Å². The molecule has 0 aliphatic heterocycles. The minimum Gasteiger partial charge on any atom is -0.265 e. The molecule has 9 heavy (non-hydrogen) atoms. The first-order valence-corrected chi connectivity index (χ1v) is 3.76. The van der Waals surface area contributed by atoms with Crippen molar-refractivity contribution >= 4 is 15.9 Å². The van der Waals surface area contributed by atoms with Crippen LogP contribution in [0.2, 0.25) is 0 Å². The molecular weight excluding hydrogens is 178 g/mol. The molecule has 0 unspecified atom stereocenters. The molecule has 1 atom stereocenters. The summed E-state index contributed by atoms with van der Waals surface area (Å²) in [6.07, 6.45) is 3.60. The lowest BCUT2D eigenvalue weighted by atomic mass is 10.2. The second-order valence-electron chi connectivity index (χ2n) is 1.90. The molecule has 0 spiro atoms. The van der Waals surface area contributed by atoms with Crippen LogP contribution in [0.1, 0.15) is 17.3 Å². The molecule has 0 amide bonds. The van der Waals surface area contributed by atoms with E-state index in [-0.39, 0.29) is 0 Å². The normalized spacial score (nSPS) is 13.1. The molecule has 0 bridgehead atoms. The van der Waals surface area contributed by atoms with Crippen molar-refractivity contribution in [2.75, 3.05) is 0 Å². The number of pyridine rings is 1. The van der Waals surface area contributed by atoms with Crippen LogP contribution in [0.25, 0.3) is 0 Å². The van der Waals surface area contributed by atoms with E-state index in [2.05, 4.69) is 27.8 Å². The molecule has 1 aromatic heterocycles. The smallest absolute Gasteiger partial charge is 0.0368 e. The van der Waals surface area contributed by atoms with Gasteiger partial charge in [-0.05, 0) is 24.6 Å². The van der Waals surface area contributed by atoms with E-state index < -0.39 is 0 Å². The van der Waals surface area contributed by atoms with E-state index >= 15 is 0 Å². The molecule has 0 fully saturated rings. The Bertz CT molecular complexity index is 172. The Hall–Kier alpha value is -0.370. The van der Waals surface area contributed by atoms with Crippen LogP contribution in [-0.2, 0) is 0 Å². The highest BCUT2D eigenvalue weighted by molar-refractivity contribution is 9.09. The number of rotatable bonds is 1. The topological polar surface area (TPSA) is 12.9 Å². The highest BCUT2D eigenvalue weighted by Crippen LogP contribution is 2.19. The lowest BCUT2D eigenvalue weighted by Gasteiger charge is -1.99. The minimum absolute atomic E-state index is 0.431. The van der Waals surface area contributed by atoms with Crippen LogP contribution < -0.4 is 0 Å². The van der Waals surface area contributed by atoms with Crippen molar-refractivity contribution < 1.29 is 0 Å². The minimum atomic E-state index is 0.431. The van der Waals surface area contributed by atoms with Crippen molar-refractivity contribution in [3.63, 3.8) is 0 Å². The molecule has 48 valence electrons. The Morgan fingerprint density at radius 1 is 1.44 bits per heavy atom. The molecule has 0 aromatic carbocycles. The molecular formula is C7H8BrN. The third kappa shape index (κ3) is 1.79. The van der Waals surface area contributed by atoms with E-state index in [1.165, 1.54) is 5.56 Å². The van der Waals surface area contributed by atoms with Crippen molar-refractivity contribution in [1.82, 2.24) is 4.98 Å². The first-order valence-electron chi connectivity index (χ1n) is 2.84. The standard InChI is InChI=1S/C7H8BrN/c1-6(8)7-2-4-9-5-3-7/h2-6H,1H3/t6-/m1/s1. The van der Waals surface area contributed by atoms with Gasteiger partial charge in [-0.1, -0.05) is 15.9 Å². The first kappa shape index (κ1) is 6.75. The van der Waals surface area contributed by atoms with Crippen LogP contribution >= 0.6 is 15.9 Å². The highest BCUT2D eigenvalue weighted by atomic mass is 79.9. The first-order chi connectivity index (χ1) is 4.30. The average Bonchev–Trinajstić information content (AvgIpc) is 1.90. The Balaban J connectivity index is 2.85. The number of halogens is 1. The predicted octanol–water partition coefficient (Wildman–Crippen LogP) is 2.54. The largest absolute Gasteiger partial charge is 0.265 e. The van der Waals surface area contributed by atoms with Gasteiger partial charge < -0.3 is 0 Å². The Morgan fingerprint density at radius 2 is 2.00 bits per heavy atom. The van der Waals surface area contributed by atoms with Gasteiger partial charge >= 0.3 is 0 Å². The van der Waals surface area contributed by atoms with Crippen molar-refractivity contribution in [3.8, 4) is 0 Å². The summed E-state index contributed by atoms with van der Waals surface area (Å²) >= 11 is 3.45. The summed E-state index contributed by atoms with van der Waals surface area (Å²) in [5.74, 6) is 0. The third-order valence-electron chi connectivity index (χ3n) is 1.17. The second kappa shape index (κ2) is 2.97. The molecule has 2 heteroatoms. The summed E-state index contributed by atoms with van der Waals surface area (Å²) in [5, 5.41) is 0. The van der Waals surface area contributed by atoms with E-state index in [4.69, 9.17) is 0 Å². The second-order valence-corrected chi connectivity index (χ2v) is 3.27. The van der Waals surface area contributed by atoms with Gasteiger partial charge in [0.15, 0.2) is 0 Å². The summed E-state index contributed by atoms with van der Waals surface area (Å²) in [6, 6.07) is 4.00. The van der Waals surface area contributed by atoms with E-state index in [0.29, 0.717) is 4.83 Å². The van der Waals surface area contributed by atoms with Crippen molar-refractivity contribution in [1.29, 1.82) is 0 Å². The number of aromatic nitrogens is 1. The molecule has 0 saturated heterocycles. The van der Waals surface area contributed by atoms with Gasteiger partial charge in [0, 0.05) is 17.2 Å². The van der Waals surface area contributed by atoms with E-state index in [1.807, 2.05) is 12.1 Å². The Labute approximate surface area is 63.2 Å². The third-order valence-corrected chi connectivity index (χ3v) is 1.69. The van der Waals surface area contributed by atoms with Gasteiger partial charge in [0.1, 0.15) is 0 Å². The molecule has 0 saturated carbocycles. The summed E-state index contributed by atoms with van der Waals surface area (Å²) in [4.78, 5) is 4.34. The lowest BCUT2D eigenvalue weighted by molar-refractivity contribution is 1.10. The van der Waals surface area contributed by atoms with Gasteiger partial charge in [0.25, 0.3) is 0 Å². The molecule has 1 nitrogen and oxygen atoms in total. The fraction of sp³-hybridized carbons (Fsp3) is 0.286. The van der Waals surface area contributed by atoms with Crippen LogP contribution in [0, 0.1) is 0 Å².